The summed E-state index contributed by atoms with van der Waals surface area (Å²) in [7, 11) is 0. The second-order valence-corrected chi connectivity index (χ2v) is 8.33. The van der Waals surface area contributed by atoms with Crippen molar-refractivity contribution in [3.05, 3.63) is 64.1 Å². The molecule has 0 spiro atoms. The maximum Gasteiger partial charge on any atom is 0.311 e. The molecule has 5 nitrogen and oxygen atoms in total. The molecule has 1 aliphatic rings. The maximum absolute atomic E-state index is 14.2. The fourth-order valence-electron chi connectivity index (χ4n) is 4.30. The maximum atomic E-state index is 14.2. The molecule has 1 saturated carbocycles. The summed E-state index contributed by atoms with van der Waals surface area (Å²) in [5, 5.41) is 20.7. The molecule has 0 radical (unpaired) electrons. The average molecular weight is 430 g/mol. The number of phenols is 1. The predicted molar refractivity (Wildman–Crippen MR) is 112 cm³/mol. The highest BCUT2D eigenvalue weighted by molar-refractivity contribution is 6.31. The first-order valence-electron chi connectivity index (χ1n) is 9.84. The molecule has 156 valence electrons. The Morgan fingerprint density at radius 2 is 2.00 bits per heavy atom. The van der Waals surface area contributed by atoms with Crippen LogP contribution in [0.25, 0.3) is 10.9 Å². The third-order valence-electron chi connectivity index (χ3n) is 6.04. The number of fused-ring (bicyclic) bond motifs is 1. The Bertz CT molecular complexity index is 1170. The minimum atomic E-state index is -0.997. The molecular weight excluding hydrogens is 409 g/mol. The number of halogens is 2. The minimum absolute atomic E-state index is 0.225. The standard InChI is InChI=1S/C23H21ClFNO4/c1-12-21(17(23(29)30)8-13-4-2-5-13)16-10-20(27)18(25)11-19(16)26(12)22(28)14-6-3-7-15(24)9-14/h3,6-7,9-11,13,17,27H,2,4-5,8H2,1H3,(H,29,30). The Morgan fingerprint density at radius 1 is 1.27 bits per heavy atom. The van der Waals surface area contributed by atoms with Gasteiger partial charge in [-0.15, -0.1) is 0 Å². The Balaban J connectivity index is 1.94. The van der Waals surface area contributed by atoms with E-state index in [1.807, 2.05) is 0 Å². The smallest absolute Gasteiger partial charge is 0.311 e. The number of benzene rings is 2. The molecule has 7 heteroatoms. The van der Waals surface area contributed by atoms with E-state index in [9.17, 15) is 24.2 Å². The Kier molecular flexibility index (Phi) is 5.28. The summed E-state index contributed by atoms with van der Waals surface area (Å²) in [5.41, 5.74) is 1.39. The molecule has 4 rings (SSSR count). The first kappa shape index (κ1) is 20.4. The van der Waals surface area contributed by atoms with E-state index in [4.69, 9.17) is 11.6 Å². The number of hydrogen-bond acceptors (Lipinski definition) is 3. The van der Waals surface area contributed by atoms with E-state index in [1.54, 1.807) is 25.1 Å². The van der Waals surface area contributed by atoms with Crippen molar-refractivity contribution in [1.29, 1.82) is 0 Å². The first-order chi connectivity index (χ1) is 14.3. The van der Waals surface area contributed by atoms with Gasteiger partial charge in [0.1, 0.15) is 0 Å². The van der Waals surface area contributed by atoms with E-state index < -0.39 is 29.4 Å². The van der Waals surface area contributed by atoms with Crippen LogP contribution in [0, 0.1) is 18.7 Å². The molecule has 0 bridgehead atoms. The largest absolute Gasteiger partial charge is 0.505 e. The zero-order valence-electron chi connectivity index (χ0n) is 16.4. The first-order valence-corrected chi connectivity index (χ1v) is 10.2. The number of aliphatic carboxylic acids is 1. The van der Waals surface area contributed by atoms with Gasteiger partial charge in [0, 0.05) is 27.7 Å². The van der Waals surface area contributed by atoms with Crippen LogP contribution >= 0.6 is 11.6 Å². The highest BCUT2D eigenvalue weighted by atomic mass is 35.5. The van der Waals surface area contributed by atoms with E-state index >= 15 is 0 Å². The molecule has 1 aromatic heterocycles. The van der Waals surface area contributed by atoms with Gasteiger partial charge in [-0.2, -0.15) is 0 Å². The molecule has 0 aliphatic heterocycles. The number of aromatic hydroxyl groups is 1. The van der Waals surface area contributed by atoms with Gasteiger partial charge in [-0.05, 0) is 49.1 Å². The highest BCUT2D eigenvalue weighted by Crippen LogP contribution is 2.41. The number of rotatable bonds is 5. The molecule has 1 unspecified atom stereocenters. The normalized spacial score (nSPS) is 15.2. The lowest BCUT2D eigenvalue weighted by Crippen LogP contribution is -2.21. The van der Waals surface area contributed by atoms with Gasteiger partial charge in [0.2, 0.25) is 0 Å². The van der Waals surface area contributed by atoms with Gasteiger partial charge in [-0.1, -0.05) is 36.9 Å². The van der Waals surface area contributed by atoms with Gasteiger partial charge in [0.15, 0.2) is 11.6 Å². The molecule has 1 atom stereocenters. The Morgan fingerprint density at radius 3 is 2.60 bits per heavy atom. The molecule has 1 fully saturated rings. The fourth-order valence-corrected chi connectivity index (χ4v) is 4.49. The molecule has 3 aromatic rings. The predicted octanol–water partition coefficient (Wildman–Crippen LogP) is 5.49. The van der Waals surface area contributed by atoms with Crippen molar-refractivity contribution in [3.63, 3.8) is 0 Å². The number of phenolic OH excluding ortho intramolecular Hbond substituents is 1. The highest BCUT2D eigenvalue weighted by Gasteiger charge is 2.33. The Labute approximate surface area is 177 Å². The van der Waals surface area contributed by atoms with Crippen LogP contribution in [0.2, 0.25) is 5.02 Å². The van der Waals surface area contributed by atoms with Crippen molar-refractivity contribution in [2.75, 3.05) is 0 Å². The van der Waals surface area contributed by atoms with Gasteiger partial charge >= 0.3 is 5.97 Å². The average Bonchev–Trinajstić information content (AvgIpc) is 2.92. The monoisotopic (exact) mass is 429 g/mol. The summed E-state index contributed by atoms with van der Waals surface area (Å²) in [6.45, 7) is 1.66. The quantitative estimate of drug-likeness (QED) is 0.561. The van der Waals surface area contributed by atoms with Crippen molar-refractivity contribution in [2.45, 2.75) is 38.5 Å². The van der Waals surface area contributed by atoms with E-state index in [0.29, 0.717) is 39.6 Å². The number of carboxylic acids is 1. The third-order valence-corrected chi connectivity index (χ3v) is 6.27. The van der Waals surface area contributed by atoms with Crippen molar-refractivity contribution < 1.29 is 24.2 Å². The summed E-state index contributed by atoms with van der Waals surface area (Å²) >= 11 is 6.03. The molecule has 30 heavy (non-hydrogen) atoms. The number of carboxylic acid groups (broad SMARTS) is 1. The van der Waals surface area contributed by atoms with Crippen LogP contribution in [0.15, 0.2) is 36.4 Å². The molecule has 2 N–H and O–H groups in total. The van der Waals surface area contributed by atoms with Crippen LogP contribution in [-0.4, -0.2) is 26.7 Å². The van der Waals surface area contributed by atoms with Crippen LogP contribution in [0.4, 0.5) is 4.39 Å². The van der Waals surface area contributed by atoms with Gasteiger partial charge in [-0.25, -0.2) is 4.39 Å². The summed E-state index contributed by atoms with van der Waals surface area (Å²) in [6.07, 6.45) is 3.47. The lowest BCUT2D eigenvalue weighted by Gasteiger charge is -2.28. The number of hydrogen-bond donors (Lipinski definition) is 2. The molecule has 2 aromatic carbocycles. The summed E-state index contributed by atoms with van der Waals surface area (Å²) in [4.78, 5) is 25.5. The van der Waals surface area contributed by atoms with Crippen molar-refractivity contribution >= 4 is 34.4 Å². The zero-order valence-corrected chi connectivity index (χ0v) is 17.1. The van der Waals surface area contributed by atoms with Gasteiger partial charge < -0.3 is 10.2 Å². The van der Waals surface area contributed by atoms with Gasteiger partial charge in [0.05, 0.1) is 11.4 Å². The number of aromatic nitrogens is 1. The Hall–Kier alpha value is -2.86. The van der Waals surface area contributed by atoms with Crippen LogP contribution in [0.5, 0.6) is 5.75 Å². The van der Waals surface area contributed by atoms with Crippen molar-refractivity contribution in [3.8, 4) is 5.75 Å². The summed E-state index contributed by atoms with van der Waals surface area (Å²) < 4.78 is 15.5. The van der Waals surface area contributed by atoms with E-state index in [1.165, 1.54) is 16.7 Å². The third kappa shape index (κ3) is 3.45. The number of carbonyl (C=O) groups is 2. The van der Waals surface area contributed by atoms with Crippen LogP contribution in [0.1, 0.15) is 53.2 Å². The summed E-state index contributed by atoms with van der Waals surface area (Å²) in [6, 6.07) is 8.67. The molecule has 0 amide bonds. The van der Waals surface area contributed by atoms with Gasteiger partial charge in [-0.3, -0.25) is 14.2 Å². The number of carbonyl (C=O) groups excluding carboxylic acids is 1. The molecule has 1 aliphatic carbocycles. The van der Waals surface area contributed by atoms with Crippen LogP contribution in [-0.2, 0) is 4.79 Å². The van der Waals surface area contributed by atoms with E-state index in [2.05, 4.69) is 0 Å². The second kappa shape index (κ2) is 7.76. The van der Waals surface area contributed by atoms with Gasteiger partial charge in [0.25, 0.3) is 5.91 Å². The lowest BCUT2D eigenvalue weighted by atomic mass is 9.77. The zero-order chi connectivity index (χ0) is 21.6. The SMILES string of the molecule is Cc1c(C(CC2CCC2)C(=O)O)c2cc(O)c(F)cc2n1C(=O)c1cccc(Cl)c1. The van der Waals surface area contributed by atoms with Crippen molar-refractivity contribution in [1.82, 2.24) is 4.57 Å². The van der Waals surface area contributed by atoms with E-state index in [0.717, 1.165) is 25.3 Å². The molecule has 1 heterocycles. The minimum Gasteiger partial charge on any atom is -0.505 e. The summed E-state index contributed by atoms with van der Waals surface area (Å²) in [5.74, 6) is -3.44. The van der Waals surface area contributed by atoms with E-state index in [-0.39, 0.29) is 5.52 Å². The fraction of sp³-hybridized carbons (Fsp3) is 0.304. The topological polar surface area (TPSA) is 79.5 Å². The van der Waals surface area contributed by atoms with Crippen molar-refractivity contribution in [2.24, 2.45) is 5.92 Å². The lowest BCUT2D eigenvalue weighted by molar-refractivity contribution is -0.139. The number of nitrogens with zero attached hydrogens (tertiary/aromatic N) is 1. The molecule has 0 saturated heterocycles. The second-order valence-electron chi connectivity index (χ2n) is 7.89. The van der Waals surface area contributed by atoms with Crippen LogP contribution in [0.3, 0.4) is 0 Å². The van der Waals surface area contributed by atoms with Crippen LogP contribution < -0.4 is 0 Å². The molecular formula is C23H21ClFNO4.